The van der Waals surface area contributed by atoms with E-state index < -0.39 is 17.7 Å². The van der Waals surface area contributed by atoms with E-state index in [9.17, 15) is 18.8 Å². The maximum Gasteiger partial charge on any atom is 0.317 e. The molecule has 8 nitrogen and oxygen atoms in total. The van der Waals surface area contributed by atoms with E-state index in [2.05, 4.69) is 10.6 Å². The summed E-state index contributed by atoms with van der Waals surface area (Å²) in [6, 6.07) is 11.7. The molecular weight excluding hydrogens is 513 g/mol. The van der Waals surface area contributed by atoms with Gasteiger partial charge in [0.05, 0.1) is 12.0 Å². The summed E-state index contributed by atoms with van der Waals surface area (Å²) in [7, 11) is 0. The molecule has 0 unspecified atom stereocenters. The standard InChI is InChI=1S/C28H33ClFN3O5/c29-22-6-1-18(2-7-22)19-11-15-33(16-12-19)28(37)32-14-13-31-26(34)21-5-10-25(24(30)17-21)38-23-8-3-20(4-9-23)27(35)36/h1-2,5-7,10,17,19-20,23H,3-4,8-9,11-16H2,(H,31,34)(H,32,37)(H,35,36). The molecule has 0 atom stereocenters. The van der Waals surface area contributed by atoms with Crippen LogP contribution in [0.5, 0.6) is 5.75 Å². The van der Waals surface area contributed by atoms with Crippen molar-refractivity contribution in [3.63, 3.8) is 0 Å². The van der Waals surface area contributed by atoms with E-state index in [1.54, 1.807) is 4.90 Å². The van der Waals surface area contributed by atoms with Crippen molar-refractivity contribution in [3.8, 4) is 5.75 Å². The van der Waals surface area contributed by atoms with Crippen molar-refractivity contribution >= 4 is 29.5 Å². The van der Waals surface area contributed by atoms with Crippen LogP contribution in [0.1, 0.15) is 60.4 Å². The van der Waals surface area contributed by atoms with Gasteiger partial charge in [-0.15, -0.1) is 0 Å². The van der Waals surface area contributed by atoms with E-state index in [1.807, 2.05) is 24.3 Å². The summed E-state index contributed by atoms with van der Waals surface area (Å²) in [6.45, 7) is 1.77. The predicted octanol–water partition coefficient (Wildman–Crippen LogP) is 4.82. The van der Waals surface area contributed by atoms with Crippen LogP contribution in [0.15, 0.2) is 42.5 Å². The molecular formula is C28H33ClFN3O5. The Morgan fingerprint density at radius 3 is 2.24 bits per heavy atom. The Balaban J connectivity index is 1.15. The highest BCUT2D eigenvalue weighted by molar-refractivity contribution is 6.30. The number of amides is 3. The van der Waals surface area contributed by atoms with Crippen molar-refractivity contribution in [2.45, 2.75) is 50.5 Å². The SMILES string of the molecule is O=C(NCCNC(=O)N1CCC(c2ccc(Cl)cc2)CC1)c1ccc(OC2CCC(C(=O)O)CC2)c(F)c1. The zero-order valence-corrected chi connectivity index (χ0v) is 21.9. The molecule has 2 fully saturated rings. The van der Waals surface area contributed by atoms with Crippen molar-refractivity contribution in [2.24, 2.45) is 5.92 Å². The van der Waals surface area contributed by atoms with Crippen molar-refractivity contribution in [1.82, 2.24) is 15.5 Å². The first-order valence-corrected chi connectivity index (χ1v) is 13.4. The largest absolute Gasteiger partial charge is 0.487 e. The molecule has 1 aliphatic heterocycles. The number of aliphatic carboxylic acids is 1. The van der Waals surface area contributed by atoms with Crippen molar-refractivity contribution < 1.29 is 28.6 Å². The predicted molar refractivity (Wildman–Crippen MR) is 141 cm³/mol. The molecule has 1 heterocycles. The molecule has 1 aliphatic carbocycles. The molecule has 0 spiro atoms. The average molecular weight is 546 g/mol. The molecule has 0 bridgehead atoms. The Morgan fingerprint density at radius 1 is 0.947 bits per heavy atom. The van der Waals surface area contributed by atoms with Crippen LogP contribution in [0.4, 0.5) is 9.18 Å². The third-order valence-corrected chi connectivity index (χ3v) is 7.57. The van der Waals surface area contributed by atoms with Gasteiger partial charge >= 0.3 is 12.0 Å². The first-order chi connectivity index (χ1) is 18.3. The van der Waals surface area contributed by atoms with E-state index in [-0.39, 0.29) is 42.5 Å². The normalized spacial score (nSPS) is 20.0. The molecule has 0 radical (unpaired) electrons. The lowest BCUT2D eigenvalue weighted by molar-refractivity contribution is -0.143. The van der Waals surface area contributed by atoms with Gasteiger partial charge < -0.3 is 25.4 Å². The van der Waals surface area contributed by atoms with Gasteiger partial charge in [0.2, 0.25) is 0 Å². The van der Waals surface area contributed by atoms with E-state index in [1.165, 1.54) is 17.7 Å². The van der Waals surface area contributed by atoms with E-state index >= 15 is 0 Å². The quantitative estimate of drug-likeness (QED) is 0.412. The minimum absolute atomic E-state index is 0.0485. The topological polar surface area (TPSA) is 108 Å². The van der Waals surface area contributed by atoms with Gasteiger partial charge in [-0.2, -0.15) is 0 Å². The number of halogens is 2. The number of ether oxygens (including phenoxy) is 1. The maximum absolute atomic E-state index is 14.6. The van der Waals surface area contributed by atoms with Gasteiger partial charge in [-0.25, -0.2) is 9.18 Å². The fourth-order valence-electron chi connectivity index (χ4n) is 5.06. The highest BCUT2D eigenvalue weighted by Gasteiger charge is 2.28. The minimum atomic E-state index is -0.806. The number of carboxylic acid groups (broad SMARTS) is 1. The van der Waals surface area contributed by atoms with E-state index in [0.717, 1.165) is 18.9 Å². The highest BCUT2D eigenvalue weighted by Crippen LogP contribution is 2.30. The first-order valence-electron chi connectivity index (χ1n) is 13.1. The Kier molecular flexibility index (Phi) is 9.44. The molecule has 1 saturated heterocycles. The number of benzene rings is 2. The molecule has 2 aromatic carbocycles. The third kappa shape index (κ3) is 7.37. The van der Waals surface area contributed by atoms with Gasteiger partial charge in [-0.1, -0.05) is 23.7 Å². The summed E-state index contributed by atoms with van der Waals surface area (Å²) in [5.41, 5.74) is 1.39. The molecule has 2 aromatic rings. The number of hydrogen-bond donors (Lipinski definition) is 3. The number of nitrogens with zero attached hydrogens (tertiary/aromatic N) is 1. The van der Waals surface area contributed by atoms with Gasteiger partial charge in [0.15, 0.2) is 11.6 Å². The van der Waals surface area contributed by atoms with Crippen LogP contribution in [-0.2, 0) is 4.79 Å². The number of carbonyl (C=O) groups excluding carboxylic acids is 2. The van der Waals surface area contributed by atoms with Gasteiger partial charge in [-0.3, -0.25) is 9.59 Å². The molecule has 38 heavy (non-hydrogen) atoms. The van der Waals surface area contributed by atoms with Gasteiger partial charge in [0, 0.05) is 36.8 Å². The van der Waals surface area contributed by atoms with Crippen molar-refractivity contribution in [2.75, 3.05) is 26.2 Å². The van der Waals surface area contributed by atoms with Crippen LogP contribution >= 0.6 is 11.6 Å². The zero-order valence-electron chi connectivity index (χ0n) is 21.1. The third-order valence-electron chi connectivity index (χ3n) is 7.32. The molecule has 0 aromatic heterocycles. The number of likely N-dealkylation sites (tertiary alicyclic amines) is 1. The minimum Gasteiger partial charge on any atom is -0.487 e. The Labute approximate surface area is 226 Å². The Morgan fingerprint density at radius 2 is 1.61 bits per heavy atom. The molecule has 4 rings (SSSR count). The Hall–Kier alpha value is -3.33. The van der Waals surface area contributed by atoms with E-state index in [0.29, 0.717) is 49.7 Å². The van der Waals surface area contributed by atoms with Crippen LogP contribution in [0.25, 0.3) is 0 Å². The van der Waals surface area contributed by atoms with Gasteiger partial charge in [0.1, 0.15) is 0 Å². The lowest BCUT2D eigenvalue weighted by Gasteiger charge is -2.32. The molecule has 1 saturated carbocycles. The molecule has 10 heteroatoms. The average Bonchev–Trinajstić information content (AvgIpc) is 2.92. The van der Waals surface area contributed by atoms with Crippen LogP contribution in [0, 0.1) is 11.7 Å². The van der Waals surface area contributed by atoms with Crippen molar-refractivity contribution in [3.05, 3.63) is 64.4 Å². The number of urea groups is 1. The molecule has 204 valence electrons. The molecule has 3 N–H and O–H groups in total. The second-order valence-electron chi connectivity index (χ2n) is 9.88. The lowest BCUT2D eigenvalue weighted by atomic mass is 9.87. The van der Waals surface area contributed by atoms with E-state index in [4.69, 9.17) is 21.4 Å². The second kappa shape index (κ2) is 13.0. The van der Waals surface area contributed by atoms with Gasteiger partial charge in [-0.05, 0) is 80.3 Å². The number of hydrogen-bond acceptors (Lipinski definition) is 4. The van der Waals surface area contributed by atoms with Crippen LogP contribution < -0.4 is 15.4 Å². The lowest BCUT2D eigenvalue weighted by Crippen LogP contribution is -2.46. The monoisotopic (exact) mass is 545 g/mol. The summed E-state index contributed by atoms with van der Waals surface area (Å²) in [6.07, 6.45) is 3.60. The van der Waals surface area contributed by atoms with Crippen molar-refractivity contribution in [1.29, 1.82) is 0 Å². The fraction of sp³-hybridized carbons (Fsp3) is 0.464. The smallest absolute Gasteiger partial charge is 0.317 e. The number of nitrogens with one attached hydrogen (secondary N) is 2. The highest BCUT2D eigenvalue weighted by atomic mass is 35.5. The van der Waals surface area contributed by atoms with Crippen LogP contribution in [0.2, 0.25) is 5.02 Å². The van der Waals surface area contributed by atoms with Crippen LogP contribution in [0.3, 0.4) is 0 Å². The molecule has 3 amide bonds. The number of carboxylic acids is 1. The second-order valence-corrected chi connectivity index (χ2v) is 10.3. The summed E-state index contributed by atoms with van der Waals surface area (Å²) >= 11 is 5.96. The summed E-state index contributed by atoms with van der Waals surface area (Å²) < 4.78 is 20.3. The number of carbonyl (C=O) groups is 3. The maximum atomic E-state index is 14.6. The zero-order chi connectivity index (χ0) is 27.1. The number of piperidine rings is 1. The number of rotatable bonds is 8. The fourth-order valence-corrected chi connectivity index (χ4v) is 5.18. The first kappa shape index (κ1) is 27.7. The summed E-state index contributed by atoms with van der Waals surface area (Å²) in [5, 5.41) is 15.3. The van der Waals surface area contributed by atoms with Crippen LogP contribution in [-0.4, -0.2) is 60.2 Å². The van der Waals surface area contributed by atoms with Gasteiger partial charge in [0.25, 0.3) is 5.91 Å². The Bertz CT molecular complexity index is 1130. The molecule has 2 aliphatic rings. The summed E-state index contributed by atoms with van der Waals surface area (Å²) in [5.74, 6) is -1.82. The summed E-state index contributed by atoms with van der Waals surface area (Å²) in [4.78, 5) is 37.8.